The van der Waals surface area contributed by atoms with Crippen molar-refractivity contribution in [2.75, 3.05) is 32.1 Å². The van der Waals surface area contributed by atoms with Crippen molar-refractivity contribution >= 4 is 39.6 Å². The molecule has 0 aromatic heterocycles. The lowest BCUT2D eigenvalue weighted by molar-refractivity contribution is -0.157. The first-order valence-electron chi connectivity index (χ1n) is 28.3. The highest BCUT2D eigenvalue weighted by molar-refractivity contribution is 8.21. The molecule has 398 valence electrons. The van der Waals surface area contributed by atoms with E-state index in [1.165, 1.54) is 88.0 Å². The number of carbonyl (C=O) groups excluding carboxylic acids is 3. The van der Waals surface area contributed by atoms with Gasteiger partial charge in [-0.25, -0.2) is 0 Å². The van der Waals surface area contributed by atoms with Crippen molar-refractivity contribution in [1.29, 1.82) is 0 Å². The van der Waals surface area contributed by atoms with Crippen LogP contribution in [0.4, 0.5) is 0 Å². The number of hydrogen-bond donors (Lipinski definition) is 1. The third-order valence-electron chi connectivity index (χ3n) is 12.2. The zero-order chi connectivity index (χ0) is 50.2. The second-order valence-electron chi connectivity index (χ2n) is 18.9. The summed E-state index contributed by atoms with van der Waals surface area (Å²) >= 11 is 0. The van der Waals surface area contributed by atoms with E-state index in [2.05, 4.69) is 99.0 Å². The standard InChI is InChI=1S/C60H104ClNO6S/c1-4-7-10-13-16-19-22-25-28-31-34-37-40-43-46-49-57(63)66-54-60(62-52-53-69-61,55-67-58(64)50-47-44-41-38-35-32-29-26-23-20-17-14-11-8-5-2)56-68-59(65)51-48-45-42-39-36-33-30-27-24-21-18-15-12-9-6-3/h16-21,25-30,62H,4-15,22-24,31-56H2,1-3H3/b19-16-,20-17-,21-18-,28-25-,29-26-,30-27-. The van der Waals surface area contributed by atoms with Gasteiger partial charge in [-0.05, 0) is 126 Å². The van der Waals surface area contributed by atoms with Gasteiger partial charge in [0.25, 0.3) is 0 Å². The molecule has 0 saturated heterocycles. The van der Waals surface area contributed by atoms with Crippen LogP contribution in [-0.2, 0) is 28.6 Å². The second kappa shape index (κ2) is 54.8. The molecule has 0 bridgehead atoms. The third-order valence-corrected chi connectivity index (χ3v) is 13.0. The Labute approximate surface area is 433 Å². The number of unbranched alkanes of at least 4 members (excludes halogenated alkanes) is 24. The predicted octanol–water partition coefficient (Wildman–Crippen LogP) is 18.3. The van der Waals surface area contributed by atoms with Crippen molar-refractivity contribution in [1.82, 2.24) is 5.32 Å². The molecular weight excluding hydrogens is 898 g/mol. The lowest BCUT2D eigenvalue weighted by Gasteiger charge is -2.33. The summed E-state index contributed by atoms with van der Waals surface area (Å²) in [6, 6.07) is 0. The summed E-state index contributed by atoms with van der Waals surface area (Å²) in [5, 5.41) is 3.40. The minimum atomic E-state index is -1.08. The van der Waals surface area contributed by atoms with Crippen LogP contribution in [0.15, 0.2) is 72.9 Å². The third kappa shape index (κ3) is 50.2. The Balaban J connectivity index is 4.97. The molecule has 0 radical (unpaired) electrons. The van der Waals surface area contributed by atoms with E-state index in [4.69, 9.17) is 24.9 Å². The van der Waals surface area contributed by atoms with Crippen LogP contribution in [0.25, 0.3) is 0 Å². The van der Waals surface area contributed by atoms with E-state index in [0.29, 0.717) is 31.6 Å². The molecule has 0 amide bonds. The zero-order valence-electron chi connectivity index (χ0n) is 44.7. The van der Waals surface area contributed by atoms with Gasteiger partial charge in [0, 0.05) is 31.6 Å². The molecule has 0 rings (SSSR count). The van der Waals surface area contributed by atoms with Crippen LogP contribution in [0.3, 0.4) is 0 Å². The molecule has 0 saturated carbocycles. The molecule has 69 heavy (non-hydrogen) atoms. The maximum atomic E-state index is 13.0. The first-order chi connectivity index (χ1) is 33.9. The number of hydrogen-bond acceptors (Lipinski definition) is 8. The summed E-state index contributed by atoms with van der Waals surface area (Å²) in [6.45, 7) is 6.94. The summed E-state index contributed by atoms with van der Waals surface area (Å²) in [4.78, 5) is 39.1. The normalized spacial score (nSPS) is 12.3. The van der Waals surface area contributed by atoms with Crippen LogP contribution in [0.1, 0.15) is 252 Å². The summed E-state index contributed by atoms with van der Waals surface area (Å²) in [6.07, 6.45) is 64.9. The molecule has 1 N–H and O–H groups in total. The minimum absolute atomic E-state index is 0.0764. The Morgan fingerprint density at radius 3 is 0.928 bits per heavy atom. The van der Waals surface area contributed by atoms with Crippen LogP contribution in [0.2, 0.25) is 0 Å². The van der Waals surface area contributed by atoms with Gasteiger partial charge in [-0.2, -0.15) is 0 Å². The quantitative estimate of drug-likeness (QED) is 0.0279. The van der Waals surface area contributed by atoms with Gasteiger partial charge in [0.15, 0.2) is 0 Å². The molecule has 0 aromatic carbocycles. The van der Waals surface area contributed by atoms with Gasteiger partial charge < -0.3 is 19.5 Å². The predicted molar refractivity (Wildman–Crippen MR) is 300 cm³/mol. The van der Waals surface area contributed by atoms with E-state index < -0.39 is 5.54 Å². The molecule has 7 nitrogen and oxygen atoms in total. The summed E-state index contributed by atoms with van der Waals surface area (Å²) < 4.78 is 17.5. The monoisotopic (exact) mass is 1000 g/mol. The average molecular weight is 1000 g/mol. The van der Waals surface area contributed by atoms with Crippen molar-refractivity contribution in [3.8, 4) is 0 Å². The molecular formula is C60H104ClNO6S. The number of carbonyl (C=O) groups is 3. The molecule has 0 atom stereocenters. The smallest absolute Gasteiger partial charge is 0.305 e. The van der Waals surface area contributed by atoms with E-state index in [9.17, 15) is 14.4 Å². The molecule has 9 heteroatoms. The summed E-state index contributed by atoms with van der Waals surface area (Å²) in [7, 11) is 7.14. The Morgan fingerprint density at radius 2 is 0.652 bits per heavy atom. The zero-order valence-corrected chi connectivity index (χ0v) is 46.2. The SMILES string of the molecule is CCCCC/C=C\C/C=C\CCCCCCCC(=O)OCC(COC(=O)CCCCCCC/C=C\C/C=C\CCCCC)(COC(=O)CCCCCCC/C=C\C/C=C\CCCCC)NCCSCl. The number of rotatable bonds is 52. The van der Waals surface area contributed by atoms with Crippen molar-refractivity contribution in [2.45, 2.75) is 257 Å². The maximum absolute atomic E-state index is 13.0. The molecule has 0 aliphatic rings. The van der Waals surface area contributed by atoms with Gasteiger partial charge in [0.2, 0.25) is 0 Å². The highest BCUT2D eigenvalue weighted by Gasteiger charge is 2.35. The lowest BCUT2D eigenvalue weighted by Crippen LogP contribution is -2.58. The molecule has 0 spiro atoms. The fraction of sp³-hybridized carbons (Fsp3) is 0.750. The van der Waals surface area contributed by atoms with Gasteiger partial charge in [-0.1, -0.05) is 201 Å². The van der Waals surface area contributed by atoms with Gasteiger partial charge in [0.1, 0.15) is 25.4 Å². The number of allylic oxidation sites excluding steroid dienone is 12. The second-order valence-corrected chi connectivity index (χ2v) is 20.2. The van der Waals surface area contributed by atoms with E-state index in [1.807, 2.05) is 0 Å². The number of nitrogens with one attached hydrogen (secondary N) is 1. The Hall–Kier alpha value is -2.55. The van der Waals surface area contributed by atoms with Crippen LogP contribution >= 0.6 is 21.7 Å². The van der Waals surface area contributed by atoms with E-state index >= 15 is 0 Å². The van der Waals surface area contributed by atoms with Gasteiger partial charge in [-0.15, -0.1) is 0 Å². The van der Waals surface area contributed by atoms with Gasteiger partial charge in [0.05, 0.1) is 0 Å². The summed E-state index contributed by atoms with van der Waals surface area (Å²) in [5.41, 5.74) is -1.08. The van der Waals surface area contributed by atoms with Crippen molar-refractivity contribution < 1.29 is 28.6 Å². The molecule has 0 unspecified atom stereocenters. The van der Waals surface area contributed by atoms with E-state index in [0.717, 1.165) is 135 Å². The molecule has 0 fully saturated rings. The Kier molecular flexibility index (Phi) is 52.8. The van der Waals surface area contributed by atoms with Crippen molar-refractivity contribution in [3.63, 3.8) is 0 Å². The van der Waals surface area contributed by atoms with E-state index in [1.54, 1.807) is 0 Å². The van der Waals surface area contributed by atoms with Gasteiger partial charge in [-0.3, -0.25) is 14.4 Å². The van der Waals surface area contributed by atoms with Crippen molar-refractivity contribution in [2.24, 2.45) is 0 Å². The summed E-state index contributed by atoms with van der Waals surface area (Å²) in [5.74, 6) is -0.326. The Morgan fingerprint density at radius 1 is 0.391 bits per heavy atom. The van der Waals surface area contributed by atoms with Gasteiger partial charge >= 0.3 is 17.9 Å². The molecule has 0 aromatic rings. The van der Waals surface area contributed by atoms with Crippen LogP contribution in [0, 0.1) is 0 Å². The first kappa shape index (κ1) is 66.5. The molecule has 0 aliphatic carbocycles. The number of ether oxygens (including phenoxy) is 3. The molecule has 0 heterocycles. The highest BCUT2D eigenvalue weighted by atomic mass is 35.7. The first-order valence-corrected chi connectivity index (χ1v) is 30.1. The van der Waals surface area contributed by atoms with E-state index in [-0.39, 0.29) is 37.7 Å². The van der Waals surface area contributed by atoms with Crippen LogP contribution in [0.5, 0.6) is 0 Å². The van der Waals surface area contributed by atoms with Crippen molar-refractivity contribution in [3.05, 3.63) is 72.9 Å². The fourth-order valence-corrected chi connectivity index (χ4v) is 8.16. The average Bonchev–Trinajstić information content (AvgIpc) is 3.35. The minimum Gasteiger partial charge on any atom is -0.463 e. The maximum Gasteiger partial charge on any atom is 0.305 e. The Bertz CT molecular complexity index is 1190. The molecule has 0 aliphatic heterocycles. The lowest BCUT2D eigenvalue weighted by atomic mass is 10.0. The topological polar surface area (TPSA) is 90.9 Å². The highest BCUT2D eigenvalue weighted by Crippen LogP contribution is 2.17. The van der Waals surface area contributed by atoms with Crippen LogP contribution in [-0.4, -0.2) is 55.6 Å². The van der Waals surface area contributed by atoms with Crippen LogP contribution < -0.4 is 5.32 Å². The largest absolute Gasteiger partial charge is 0.463 e. The number of esters is 3. The fourth-order valence-electron chi connectivity index (χ4n) is 7.75. The number of halogens is 1.